The standard InChI is InChI=1S/C15H18N4O6.Na.H/c16-14(23)25-5-7-3-6-4-18(15(24)17-8-1-2-8)11-9(6)19(12(11)20)10(7)13(21)22;;/h6,8-9,11H,1-5H2,(H2,16,23)(H,17,24)(H,21,22);;/t6-,9-,11+;;/m1../s1. The van der Waals surface area contributed by atoms with Crippen molar-refractivity contribution < 1.29 is 29.0 Å². The summed E-state index contributed by atoms with van der Waals surface area (Å²) in [5.74, 6) is -1.75. The van der Waals surface area contributed by atoms with Gasteiger partial charge in [-0.3, -0.25) is 9.69 Å². The third kappa shape index (κ3) is 2.95. The van der Waals surface area contributed by atoms with Crippen LogP contribution >= 0.6 is 0 Å². The van der Waals surface area contributed by atoms with E-state index in [1.165, 1.54) is 9.80 Å². The van der Waals surface area contributed by atoms with Gasteiger partial charge in [-0.05, 0) is 24.8 Å². The summed E-state index contributed by atoms with van der Waals surface area (Å²) >= 11 is 0. The zero-order valence-corrected chi connectivity index (χ0v) is 13.3. The van der Waals surface area contributed by atoms with Gasteiger partial charge in [0.2, 0.25) is 0 Å². The minimum atomic E-state index is -1.26. The number of carboxylic acids is 1. The number of rotatable bonds is 4. The van der Waals surface area contributed by atoms with E-state index in [4.69, 9.17) is 10.5 Å². The zero-order valence-electron chi connectivity index (χ0n) is 13.3. The average Bonchev–Trinajstić information content (AvgIpc) is 3.27. The minimum absolute atomic E-state index is 0. The van der Waals surface area contributed by atoms with Crippen molar-refractivity contribution in [1.82, 2.24) is 15.1 Å². The number of nitrogens with two attached hydrogens (primary N) is 1. The number of primary amides is 1. The quantitative estimate of drug-likeness (QED) is 0.406. The van der Waals surface area contributed by atoms with Crippen molar-refractivity contribution in [3.63, 3.8) is 0 Å². The van der Waals surface area contributed by atoms with E-state index in [9.17, 15) is 24.3 Å². The van der Waals surface area contributed by atoms with Crippen LogP contribution in [0.2, 0.25) is 0 Å². The number of ether oxygens (including phenoxy) is 1. The van der Waals surface area contributed by atoms with Gasteiger partial charge in [0.25, 0.3) is 5.91 Å². The molecule has 2 saturated heterocycles. The Hall–Kier alpha value is -1.78. The Labute approximate surface area is 171 Å². The number of hydrogen-bond donors (Lipinski definition) is 3. The van der Waals surface area contributed by atoms with E-state index < -0.39 is 24.0 Å². The van der Waals surface area contributed by atoms with Crippen molar-refractivity contribution in [1.29, 1.82) is 0 Å². The van der Waals surface area contributed by atoms with Crippen molar-refractivity contribution >= 4 is 53.6 Å². The van der Waals surface area contributed by atoms with E-state index >= 15 is 0 Å². The zero-order chi connectivity index (χ0) is 17.9. The molecule has 3 fully saturated rings. The summed E-state index contributed by atoms with van der Waals surface area (Å²) in [5, 5.41) is 12.4. The molecule has 0 aromatic heterocycles. The molecule has 0 bridgehead atoms. The first kappa shape index (κ1) is 19.0. The van der Waals surface area contributed by atoms with Gasteiger partial charge in [0, 0.05) is 18.5 Å². The van der Waals surface area contributed by atoms with Crippen molar-refractivity contribution in [3.05, 3.63) is 11.3 Å². The predicted molar refractivity (Wildman–Crippen MR) is 88.1 cm³/mol. The summed E-state index contributed by atoms with van der Waals surface area (Å²) in [6, 6.07) is -1.05. The van der Waals surface area contributed by atoms with Crippen LogP contribution in [0, 0.1) is 5.92 Å². The molecule has 10 nitrogen and oxygen atoms in total. The number of hydrogen-bond acceptors (Lipinski definition) is 5. The maximum atomic E-state index is 12.5. The van der Waals surface area contributed by atoms with Gasteiger partial charge >= 0.3 is 47.7 Å². The summed E-state index contributed by atoms with van der Waals surface area (Å²) in [6.45, 7) is 0.0893. The molecule has 0 unspecified atom stereocenters. The molecule has 26 heavy (non-hydrogen) atoms. The second-order valence-electron chi connectivity index (χ2n) is 6.85. The molecule has 3 heterocycles. The molecule has 4 rings (SSSR count). The first-order chi connectivity index (χ1) is 11.9. The third-order valence-corrected chi connectivity index (χ3v) is 5.20. The van der Waals surface area contributed by atoms with Gasteiger partial charge in [-0.25, -0.2) is 14.4 Å². The Balaban J connectivity index is 0.00000196. The number of urea groups is 1. The first-order valence-electron chi connectivity index (χ1n) is 8.16. The van der Waals surface area contributed by atoms with Gasteiger partial charge < -0.3 is 25.8 Å². The molecule has 1 aliphatic carbocycles. The molecule has 0 radical (unpaired) electrons. The molecule has 1 saturated carbocycles. The van der Waals surface area contributed by atoms with E-state index in [2.05, 4.69) is 5.32 Å². The van der Waals surface area contributed by atoms with Crippen LogP contribution in [0.5, 0.6) is 0 Å². The number of nitrogens with zero attached hydrogens (tertiary/aromatic N) is 2. The predicted octanol–water partition coefficient (Wildman–Crippen LogP) is -1.44. The van der Waals surface area contributed by atoms with E-state index in [0.29, 0.717) is 18.5 Å². The van der Waals surface area contributed by atoms with E-state index in [0.717, 1.165) is 12.8 Å². The Morgan fingerprint density at radius 3 is 2.58 bits per heavy atom. The molecule has 136 valence electrons. The Morgan fingerprint density at radius 1 is 1.31 bits per heavy atom. The SMILES string of the molecule is NC(=O)OCC1=C(C(=O)O)N2C(=O)[C@@H]3[C@H]2[C@H](C1)CN3C(=O)NC1CC1.[NaH]. The molecule has 0 spiro atoms. The fourth-order valence-electron chi connectivity index (χ4n) is 4.02. The van der Waals surface area contributed by atoms with Gasteiger partial charge in [-0.15, -0.1) is 0 Å². The topological polar surface area (TPSA) is 142 Å². The molecule has 4 N–H and O–H groups in total. The van der Waals surface area contributed by atoms with Gasteiger partial charge in [0.15, 0.2) is 0 Å². The van der Waals surface area contributed by atoms with Crippen molar-refractivity contribution in [2.45, 2.75) is 37.4 Å². The average molecular weight is 374 g/mol. The Bertz CT molecular complexity index is 721. The number of amides is 4. The monoisotopic (exact) mass is 374 g/mol. The van der Waals surface area contributed by atoms with Crippen LogP contribution in [-0.4, -0.2) is 99.7 Å². The normalized spacial score (nSPS) is 28.8. The van der Waals surface area contributed by atoms with Crippen LogP contribution in [0.1, 0.15) is 19.3 Å². The van der Waals surface area contributed by atoms with E-state index in [1.54, 1.807) is 0 Å². The summed E-state index contributed by atoms with van der Waals surface area (Å²) in [5.41, 5.74) is 5.13. The molecule has 0 aromatic carbocycles. The molecule has 11 heteroatoms. The number of carboxylic acid groups (broad SMARTS) is 1. The number of β-lactam (4-membered cyclic amide) rings is 1. The Kier molecular flexibility index (Phi) is 4.93. The summed E-state index contributed by atoms with van der Waals surface area (Å²) in [6.07, 6.45) is 1.21. The molecular formula is C15H19N4NaO6. The second-order valence-corrected chi connectivity index (χ2v) is 6.85. The van der Waals surface area contributed by atoms with Crippen molar-refractivity contribution in [2.24, 2.45) is 11.7 Å². The number of likely N-dealkylation sites (tertiary alicyclic amines) is 1. The van der Waals surface area contributed by atoms with E-state index in [-0.39, 0.29) is 65.9 Å². The van der Waals surface area contributed by atoms with Gasteiger partial charge in [-0.1, -0.05) is 0 Å². The number of nitrogens with one attached hydrogen (secondary N) is 1. The van der Waals surface area contributed by atoms with Gasteiger partial charge in [0.1, 0.15) is 18.3 Å². The van der Waals surface area contributed by atoms with Crippen LogP contribution in [-0.2, 0) is 14.3 Å². The summed E-state index contributed by atoms with van der Waals surface area (Å²) < 4.78 is 4.73. The molecular weight excluding hydrogens is 355 g/mol. The Morgan fingerprint density at radius 2 is 2.00 bits per heavy atom. The maximum absolute atomic E-state index is 12.5. The van der Waals surface area contributed by atoms with Crippen LogP contribution < -0.4 is 11.1 Å². The van der Waals surface area contributed by atoms with Crippen molar-refractivity contribution in [3.8, 4) is 0 Å². The molecule has 3 aliphatic heterocycles. The van der Waals surface area contributed by atoms with Crippen LogP contribution in [0.15, 0.2) is 11.3 Å². The van der Waals surface area contributed by atoms with E-state index in [1.807, 2.05) is 0 Å². The molecule has 4 amide bonds. The molecule has 4 aliphatic rings. The number of aliphatic carboxylic acids is 1. The fraction of sp³-hybridized carbons (Fsp3) is 0.600. The third-order valence-electron chi connectivity index (χ3n) is 5.20. The second kappa shape index (κ2) is 6.75. The summed E-state index contributed by atoms with van der Waals surface area (Å²) in [4.78, 5) is 50.1. The first-order valence-corrected chi connectivity index (χ1v) is 8.16. The molecule has 3 atom stereocenters. The van der Waals surface area contributed by atoms with Crippen LogP contribution in [0.25, 0.3) is 0 Å². The summed E-state index contributed by atoms with van der Waals surface area (Å²) in [7, 11) is 0. The van der Waals surface area contributed by atoms with Crippen molar-refractivity contribution in [2.75, 3.05) is 13.2 Å². The van der Waals surface area contributed by atoms with Gasteiger partial charge in [-0.2, -0.15) is 0 Å². The van der Waals surface area contributed by atoms with Crippen LogP contribution in [0.3, 0.4) is 0 Å². The van der Waals surface area contributed by atoms with Gasteiger partial charge in [0.05, 0.1) is 6.04 Å². The molecule has 0 aromatic rings. The van der Waals surface area contributed by atoms with Crippen LogP contribution in [0.4, 0.5) is 9.59 Å². The number of carbonyl (C=O) groups excluding carboxylic acids is 3. The fourth-order valence-corrected chi connectivity index (χ4v) is 4.02. The number of carbonyl (C=O) groups is 4.